The summed E-state index contributed by atoms with van der Waals surface area (Å²) in [6.07, 6.45) is 2.95. The third-order valence-electron chi connectivity index (χ3n) is 3.43. The fourth-order valence-electron chi connectivity index (χ4n) is 2.14. The topological polar surface area (TPSA) is 68.4 Å². The van der Waals surface area contributed by atoms with Gasteiger partial charge in [0, 0.05) is 18.8 Å². The zero-order chi connectivity index (χ0) is 15.1. The number of benzene rings is 1. The summed E-state index contributed by atoms with van der Waals surface area (Å²) in [7, 11) is 0. The van der Waals surface area contributed by atoms with Crippen molar-refractivity contribution in [3.05, 3.63) is 59.9 Å². The minimum absolute atomic E-state index is 0.114. The van der Waals surface area contributed by atoms with Crippen LogP contribution in [0.3, 0.4) is 0 Å². The van der Waals surface area contributed by atoms with Crippen LogP contribution in [0.5, 0.6) is 5.75 Å². The van der Waals surface area contributed by atoms with Gasteiger partial charge >= 0.3 is 0 Å². The Balaban J connectivity index is 2.15. The minimum atomic E-state index is -0.264. The number of hydrogen-bond donors (Lipinski definition) is 2. The molecule has 2 aromatic rings. The average Bonchev–Trinajstić information content (AvgIpc) is 2.54. The van der Waals surface area contributed by atoms with Crippen LogP contribution in [0.2, 0.25) is 0 Å². The molecule has 0 fully saturated rings. The number of ether oxygens (including phenoxy) is 1. The molecule has 112 valence electrons. The summed E-state index contributed by atoms with van der Waals surface area (Å²) in [4.78, 5) is 4.35. The maximum Gasteiger partial charge on any atom is 0.155 e. The molecule has 0 aliphatic heterocycles. The Labute approximate surface area is 125 Å². The number of aromatic nitrogens is 1. The predicted molar refractivity (Wildman–Crippen MR) is 83.1 cm³/mol. The molecule has 2 atom stereocenters. The number of nitrogens with two attached hydrogens (primary N) is 1. The Morgan fingerprint density at radius 1 is 1.19 bits per heavy atom. The molecule has 0 saturated carbocycles. The summed E-state index contributed by atoms with van der Waals surface area (Å²) < 4.78 is 6.04. The standard InChI is InChI=1S/C17H22N2O2/c1-2-15(18)17(16-5-3-4-11-19-16)21-14-8-6-13(7-9-14)10-12-20/h3-9,11,15,17,20H,2,10,12,18H2,1H3. The summed E-state index contributed by atoms with van der Waals surface area (Å²) in [5.41, 5.74) is 8.10. The van der Waals surface area contributed by atoms with Crippen molar-refractivity contribution >= 4 is 0 Å². The van der Waals surface area contributed by atoms with Gasteiger partial charge in [0.25, 0.3) is 0 Å². The van der Waals surface area contributed by atoms with Crippen molar-refractivity contribution < 1.29 is 9.84 Å². The second-order valence-corrected chi connectivity index (χ2v) is 4.98. The van der Waals surface area contributed by atoms with Crippen LogP contribution in [0.1, 0.15) is 30.7 Å². The van der Waals surface area contributed by atoms with E-state index in [2.05, 4.69) is 4.98 Å². The highest BCUT2D eigenvalue weighted by Crippen LogP contribution is 2.24. The molecule has 0 saturated heterocycles. The van der Waals surface area contributed by atoms with Crippen LogP contribution in [0.15, 0.2) is 48.7 Å². The monoisotopic (exact) mass is 286 g/mol. The van der Waals surface area contributed by atoms with E-state index in [1.54, 1.807) is 6.20 Å². The van der Waals surface area contributed by atoms with Crippen LogP contribution in [0.4, 0.5) is 0 Å². The molecule has 21 heavy (non-hydrogen) atoms. The Morgan fingerprint density at radius 2 is 1.95 bits per heavy atom. The first-order valence-electron chi connectivity index (χ1n) is 7.27. The van der Waals surface area contributed by atoms with E-state index >= 15 is 0 Å². The highest BCUT2D eigenvalue weighted by Gasteiger charge is 2.21. The molecule has 1 aromatic heterocycles. The third-order valence-corrected chi connectivity index (χ3v) is 3.43. The molecule has 2 rings (SSSR count). The van der Waals surface area contributed by atoms with Crippen molar-refractivity contribution in [3.63, 3.8) is 0 Å². The van der Waals surface area contributed by atoms with Gasteiger partial charge in [-0.25, -0.2) is 0 Å². The number of aliphatic hydroxyl groups excluding tert-OH is 1. The van der Waals surface area contributed by atoms with E-state index in [4.69, 9.17) is 15.6 Å². The maximum absolute atomic E-state index is 8.93. The van der Waals surface area contributed by atoms with Crippen LogP contribution in [-0.2, 0) is 6.42 Å². The Kier molecular flexibility index (Phi) is 5.72. The third kappa shape index (κ3) is 4.28. The van der Waals surface area contributed by atoms with E-state index < -0.39 is 0 Å². The Hall–Kier alpha value is -1.91. The molecule has 0 spiro atoms. The molecule has 2 unspecified atom stereocenters. The van der Waals surface area contributed by atoms with Crippen LogP contribution in [0.25, 0.3) is 0 Å². The molecule has 0 amide bonds. The summed E-state index contributed by atoms with van der Waals surface area (Å²) in [6, 6.07) is 13.4. The zero-order valence-corrected chi connectivity index (χ0v) is 12.3. The summed E-state index contributed by atoms with van der Waals surface area (Å²) in [6.45, 7) is 2.19. The van der Waals surface area contributed by atoms with Crippen molar-refractivity contribution in [3.8, 4) is 5.75 Å². The highest BCUT2D eigenvalue weighted by molar-refractivity contribution is 5.28. The van der Waals surface area contributed by atoms with Crippen molar-refractivity contribution in [2.24, 2.45) is 5.73 Å². The van der Waals surface area contributed by atoms with E-state index in [0.29, 0.717) is 6.42 Å². The second kappa shape index (κ2) is 7.76. The number of hydrogen-bond acceptors (Lipinski definition) is 4. The first-order chi connectivity index (χ1) is 10.2. The molecule has 3 N–H and O–H groups in total. The number of nitrogens with zero attached hydrogens (tertiary/aromatic N) is 1. The zero-order valence-electron chi connectivity index (χ0n) is 12.3. The first-order valence-corrected chi connectivity index (χ1v) is 7.27. The summed E-state index contributed by atoms with van der Waals surface area (Å²) >= 11 is 0. The molecule has 4 nitrogen and oxygen atoms in total. The van der Waals surface area contributed by atoms with Gasteiger partial charge in [0.05, 0.1) is 5.69 Å². The molecule has 1 heterocycles. The van der Waals surface area contributed by atoms with E-state index in [1.165, 1.54) is 0 Å². The van der Waals surface area contributed by atoms with Gasteiger partial charge in [0.1, 0.15) is 5.75 Å². The quantitative estimate of drug-likeness (QED) is 0.820. The Morgan fingerprint density at radius 3 is 2.52 bits per heavy atom. The molecular formula is C17H22N2O2. The van der Waals surface area contributed by atoms with Crippen LogP contribution < -0.4 is 10.5 Å². The van der Waals surface area contributed by atoms with Gasteiger partial charge in [-0.1, -0.05) is 25.1 Å². The number of rotatable bonds is 7. The van der Waals surface area contributed by atoms with Gasteiger partial charge in [-0.05, 0) is 42.7 Å². The van der Waals surface area contributed by atoms with Crippen molar-refractivity contribution in [1.82, 2.24) is 4.98 Å². The lowest BCUT2D eigenvalue weighted by atomic mass is 10.1. The largest absolute Gasteiger partial charge is 0.482 e. The van der Waals surface area contributed by atoms with Crippen LogP contribution >= 0.6 is 0 Å². The SMILES string of the molecule is CCC(N)C(Oc1ccc(CCO)cc1)c1ccccn1. The summed E-state index contributed by atoms with van der Waals surface area (Å²) in [5.74, 6) is 0.760. The summed E-state index contributed by atoms with van der Waals surface area (Å²) in [5, 5.41) is 8.93. The fraction of sp³-hybridized carbons (Fsp3) is 0.353. The van der Waals surface area contributed by atoms with Crippen molar-refractivity contribution in [2.45, 2.75) is 31.9 Å². The molecule has 0 radical (unpaired) electrons. The maximum atomic E-state index is 8.93. The molecule has 0 aliphatic rings. The van der Waals surface area contributed by atoms with Gasteiger partial charge in [0.15, 0.2) is 6.10 Å². The lowest BCUT2D eigenvalue weighted by Gasteiger charge is -2.24. The van der Waals surface area contributed by atoms with Crippen molar-refractivity contribution in [2.75, 3.05) is 6.61 Å². The smallest absolute Gasteiger partial charge is 0.155 e. The molecule has 0 aliphatic carbocycles. The van der Waals surface area contributed by atoms with Gasteiger partial charge in [-0.3, -0.25) is 4.98 Å². The van der Waals surface area contributed by atoms with E-state index in [1.807, 2.05) is 49.4 Å². The van der Waals surface area contributed by atoms with Gasteiger partial charge in [-0.15, -0.1) is 0 Å². The number of pyridine rings is 1. The molecule has 1 aromatic carbocycles. The first kappa shape index (κ1) is 15.5. The van der Waals surface area contributed by atoms with Gasteiger partial charge in [-0.2, -0.15) is 0 Å². The van der Waals surface area contributed by atoms with Crippen LogP contribution in [-0.4, -0.2) is 22.7 Å². The van der Waals surface area contributed by atoms with E-state index in [9.17, 15) is 0 Å². The Bertz CT molecular complexity index is 528. The van der Waals surface area contributed by atoms with Crippen molar-refractivity contribution in [1.29, 1.82) is 0 Å². The number of aliphatic hydroxyl groups is 1. The van der Waals surface area contributed by atoms with Gasteiger partial charge < -0.3 is 15.6 Å². The van der Waals surface area contributed by atoms with E-state index in [0.717, 1.165) is 23.4 Å². The minimum Gasteiger partial charge on any atom is -0.482 e. The lowest BCUT2D eigenvalue weighted by molar-refractivity contribution is 0.166. The fourth-order valence-corrected chi connectivity index (χ4v) is 2.14. The molecule has 0 bridgehead atoms. The predicted octanol–water partition coefficient (Wildman–Crippen LogP) is 2.47. The van der Waals surface area contributed by atoms with Crippen LogP contribution in [0, 0.1) is 0 Å². The molecular weight excluding hydrogens is 264 g/mol. The molecule has 4 heteroatoms. The van der Waals surface area contributed by atoms with Gasteiger partial charge in [0.2, 0.25) is 0 Å². The lowest BCUT2D eigenvalue weighted by Crippen LogP contribution is -2.32. The van der Waals surface area contributed by atoms with E-state index in [-0.39, 0.29) is 18.8 Å². The normalized spacial score (nSPS) is 13.7. The highest BCUT2D eigenvalue weighted by atomic mass is 16.5. The average molecular weight is 286 g/mol. The second-order valence-electron chi connectivity index (χ2n) is 4.98.